The van der Waals surface area contributed by atoms with Crippen molar-refractivity contribution in [2.75, 3.05) is 0 Å². The average Bonchev–Trinajstić information content (AvgIpc) is 2.42. The van der Waals surface area contributed by atoms with Crippen molar-refractivity contribution in [3.05, 3.63) is 70.8 Å². The number of carbonyl (C=O) groups excluding carboxylic acids is 1. The van der Waals surface area contributed by atoms with Gasteiger partial charge in [-0.3, -0.25) is 4.79 Å². The van der Waals surface area contributed by atoms with Crippen molar-refractivity contribution in [2.24, 2.45) is 5.92 Å². The van der Waals surface area contributed by atoms with Crippen molar-refractivity contribution in [1.82, 2.24) is 0 Å². The largest absolute Gasteiger partial charge is 0.300 e. The summed E-state index contributed by atoms with van der Waals surface area (Å²) in [5.41, 5.74) is 5.09. The predicted octanol–water partition coefficient (Wildman–Crippen LogP) is 4.29. The molecule has 0 aliphatic rings. The van der Waals surface area contributed by atoms with Crippen molar-refractivity contribution in [3.63, 3.8) is 0 Å². The molecular weight excluding hydrogens is 244 g/mol. The first-order valence-corrected chi connectivity index (χ1v) is 7.17. The summed E-state index contributed by atoms with van der Waals surface area (Å²) in [5, 5.41) is 0. The fraction of sp³-hybridized carbons (Fsp3) is 0.316. The van der Waals surface area contributed by atoms with Crippen LogP contribution >= 0.6 is 0 Å². The maximum atomic E-state index is 12.0. The molecule has 0 atom stereocenters. The molecule has 0 bridgehead atoms. The number of ketones is 1. The van der Waals surface area contributed by atoms with Crippen molar-refractivity contribution in [2.45, 2.75) is 33.6 Å². The van der Waals surface area contributed by atoms with Gasteiger partial charge in [-0.15, -0.1) is 0 Å². The Morgan fingerprint density at radius 3 is 1.60 bits per heavy atom. The number of rotatable bonds is 5. The second-order valence-electron chi connectivity index (χ2n) is 5.57. The molecule has 2 aromatic carbocycles. The highest BCUT2D eigenvalue weighted by atomic mass is 16.1. The van der Waals surface area contributed by atoms with Crippen LogP contribution in [0.1, 0.15) is 29.2 Å². The van der Waals surface area contributed by atoms with E-state index in [1.165, 1.54) is 22.3 Å². The molecule has 0 spiro atoms. The Hall–Kier alpha value is -1.89. The van der Waals surface area contributed by atoms with Crippen molar-refractivity contribution >= 4 is 5.78 Å². The molecule has 0 aliphatic carbocycles. The highest BCUT2D eigenvalue weighted by Crippen LogP contribution is 2.20. The molecule has 0 saturated carbocycles. The molecule has 0 fully saturated rings. The van der Waals surface area contributed by atoms with Gasteiger partial charge in [0.15, 0.2) is 0 Å². The fourth-order valence-corrected chi connectivity index (χ4v) is 2.57. The Bertz CT molecular complexity index is 551. The molecule has 0 radical (unpaired) electrons. The first-order chi connectivity index (χ1) is 9.58. The van der Waals surface area contributed by atoms with Gasteiger partial charge in [0.2, 0.25) is 0 Å². The van der Waals surface area contributed by atoms with Crippen LogP contribution in [0.5, 0.6) is 0 Å². The van der Waals surface area contributed by atoms with Crippen LogP contribution in [-0.4, -0.2) is 5.78 Å². The van der Waals surface area contributed by atoms with Gasteiger partial charge in [-0.2, -0.15) is 0 Å². The minimum absolute atomic E-state index is 0.0669. The third kappa shape index (κ3) is 3.57. The Morgan fingerprint density at radius 1 is 0.850 bits per heavy atom. The summed E-state index contributed by atoms with van der Waals surface area (Å²) in [5.74, 6) is 0.341. The van der Waals surface area contributed by atoms with Crippen LogP contribution in [0, 0.1) is 19.8 Å². The molecule has 0 heterocycles. The number of hydrogen-bond donors (Lipinski definition) is 0. The maximum Gasteiger partial charge on any atom is 0.133 e. The molecule has 0 aromatic heterocycles. The van der Waals surface area contributed by atoms with E-state index < -0.39 is 0 Å². The van der Waals surface area contributed by atoms with Crippen LogP contribution in [-0.2, 0) is 17.6 Å². The third-order valence-corrected chi connectivity index (χ3v) is 4.03. The number of Topliss-reactive ketones (excluding diaryl/α,β-unsaturated/α-hetero) is 1. The third-order valence-electron chi connectivity index (χ3n) is 4.03. The van der Waals surface area contributed by atoms with Crippen LogP contribution in [0.3, 0.4) is 0 Å². The zero-order valence-corrected chi connectivity index (χ0v) is 12.5. The lowest BCUT2D eigenvalue weighted by Gasteiger charge is -2.16. The van der Waals surface area contributed by atoms with Crippen molar-refractivity contribution < 1.29 is 4.79 Å². The Morgan fingerprint density at radius 2 is 1.25 bits per heavy atom. The van der Waals surface area contributed by atoms with Crippen LogP contribution in [0.15, 0.2) is 48.5 Å². The monoisotopic (exact) mass is 266 g/mol. The smallest absolute Gasteiger partial charge is 0.133 e. The first-order valence-electron chi connectivity index (χ1n) is 7.17. The van der Waals surface area contributed by atoms with Gasteiger partial charge in [0.25, 0.3) is 0 Å². The Kier molecular flexibility index (Phi) is 4.73. The van der Waals surface area contributed by atoms with Gasteiger partial charge in [-0.1, -0.05) is 48.5 Å². The number of carbonyl (C=O) groups is 1. The van der Waals surface area contributed by atoms with E-state index in [1.807, 2.05) is 24.3 Å². The lowest BCUT2D eigenvalue weighted by atomic mass is 9.87. The fourth-order valence-electron chi connectivity index (χ4n) is 2.57. The maximum absolute atomic E-state index is 12.0. The average molecular weight is 266 g/mol. The van der Waals surface area contributed by atoms with Crippen molar-refractivity contribution in [3.8, 4) is 0 Å². The summed E-state index contributed by atoms with van der Waals surface area (Å²) in [6.45, 7) is 5.93. The summed E-state index contributed by atoms with van der Waals surface area (Å²) in [4.78, 5) is 12.0. The van der Waals surface area contributed by atoms with Crippen LogP contribution < -0.4 is 0 Å². The zero-order chi connectivity index (χ0) is 14.5. The standard InChI is InChI=1S/C19H22O/c1-14-8-4-6-10-17(14)12-19(16(3)20)13-18-11-7-5-9-15(18)2/h4-11,19H,12-13H2,1-3H3. The van der Waals surface area contributed by atoms with Gasteiger partial charge in [0, 0.05) is 5.92 Å². The molecule has 2 rings (SSSR count). The molecule has 1 nitrogen and oxygen atoms in total. The van der Waals surface area contributed by atoms with E-state index in [0.717, 1.165) is 12.8 Å². The molecule has 0 saturated heterocycles. The van der Waals surface area contributed by atoms with Gasteiger partial charge >= 0.3 is 0 Å². The molecule has 0 N–H and O–H groups in total. The second kappa shape index (κ2) is 6.51. The molecule has 0 unspecified atom stereocenters. The summed E-state index contributed by atoms with van der Waals surface area (Å²) in [6, 6.07) is 16.7. The molecule has 2 aromatic rings. The topological polar surface area (TPSA) is 17.1 Å². The summed E-state index contributed by atoms with van der Waals surface area (Å²) in [7, 11) is 0. The Balaban J connectivity index is 2.19. The first kappa shape index (κ1) is 14.5. The van der Waals surface area contributed by atoms with Crippen LogP contribution in [0.4, 0.5) is 0 Å². The summed E-state index contributed by atoms with van der Waals surface area (Å²) < 4.78 is 0. The minimum atomic E-state index is 0.0669. The number of benzene rings is 2. The zero-order valence-electron chi connectivity index (χ0n) is 12.5. The Labute approximate surface area is 121 Å². The van der Waals surface area contributed by atoms with E-state index in [1.54, 1.807) is 6.92 Å². The SMILES string of the molecule is CC(=O)C(Cc1ccccc1C)Cc1ccccc1C. The number of aryl methyl sites for hydroxylation is 2. The van der Waals surface area contributed by atoms with E-state index in [4.69, 9.17) is 0 Å². The van der Waals surface area contributed by atoms with E-state index >= 15 is 0 Å². The predicted molar refractivity (Wildman–Crippen MR) is 83.9 cm³/mol. The summed E-state index contributed by atoms with van der Waals surface area (Å²) in [6.07, 6.45) is 1.66. The highest BCUT2D eigenvalue weighted by molar-refractivity contribution is 5.79. The lowest BCUT2D eigenvalue weighted by Crippen LogP contribution is -2.18. The molecule has 20 heavy (non-hydrogen) atoms. The van der Waals surface area contributed by atoms with Gasteiger partial charge < -0.3 is 0 Å². The van der Waals surface area contributed by atoms with Gasteiger partial charge in [0.05, 0.1) is 0 Å². The van der Waals surface area contributed by atoms with Crippen LogP contribution in [0.2, 0.25) is 0 Å². The molecule has 0 aliphatic heterocycles. The number of hydrogen-bond acceptors (Lipinski definition) is 1. The highest BCUT2D eigenvalue weighted by Gasteiger charge is 2.17. The van der Waals surface area contributed by atoms with Gasteiger partial charge in [0.1, 0.15) is 5.78 Å². The molecule has 0 amide bonds. The van der Waals surface area contributed by atoms with Gasteiger partial charge in [-0.25, -0.2) is 0 Å². The van der Waals surface area contributed by atoms with E-state index in [0.29, 0.717) is 0 Å². The van der Waals surface area contributed by atoms with E-state index in [2.05, 4.69) is 38.1 Å². The molecule has 1 heteroatoms. The minimum Gasteiger partial charge on any atom is -0.300 e. The lowest BCUT2D eigenvalue weighted by molar-refractivity contribution is -0.120. The van der Waals surface area contributed by atoms with Crippen molar-refractivity contribution in [1.29, 1.82) is 0 Å². The quantitative estimate of drug-likeness (QED) is 0.789. The van der Waals surface area contributed by atoms with Crippen LogP contribution in [0.25, 0.3) is 0 Å². The molecular formula is C19H22O. The van der Waals surface area contributed by atoms with E-state index in [9.17, 15) is 4.79 Å². The summed E-state index contributed by atoms with van der Waals surface area (Å²) >= 11 is 0. The van der Waals surface area contributed by atoms with E-state index in [-0.39, 0.29) is 11.7 Å². The normalized spacial score (nSPS) is 10.8. The molecule has 104 valence electrons. The van der Waals surface area contributed by atoms with Gasteiger partial charge in [-0.05, 0) is 55.9 Å². The second-order valence-corrected chi connectivity index (χ2v) is 5.57.